The molecule has 3 heterocycles. The first-order chi connectivity index (χ1) is 5.90. The first kappa shape index (κ1) is 14.5. The van der Waals surface area contributed by atoms with Crippen molar-refractivity contribution in [3.8, 4) is 0 Å². The second kappa shape index (κ2) is 6.85. The Hall–Kier alpha value is 0.460. The number of hydrogen-bond acceptors (Lipinski definition) is 3. The molecular formula is C9H20Cl2N2O. The summed E-state index contributed by atoms with van der Waals surface area (Å²) in [6, 6.07) is 0.652. The van der Waals surface area contributed by atoms with Gasteiger partial charge in [0, 0.05) is 19.1 Å². The Morgan fingerprint density at radius 3 is 2.29 bits per heavy atom. The molecule has 14 heavy (non-hydrogen) atoms. The second-order valence-corrected chi connectivity index (χ2v) is 3.92. The highest BCUT2D eigenvalue weighted by atomic mass is 35.5. The van der Waals surface area contributed by atoms with Gasteiger partial charge >= 0.3 is 0 Å². The number of piperidine rings is 3. The molecule has 2 bridgehead atoms. The molecule has 3 saturated heterocycles. The summed E-state index contributed by atoms with van der Waals surface area (Å²) in [5.41, 5.74) is 0. The van der Waals surface area contributed by atoms with E-state index < -0.39 is 0 Å². The van der Waals surface area contributed by atoms with Crippen molar-refractivity contribution in [1.82, 2.24) is 10.2 Å². The maximum absolute atomic E-state index is 8.69. The number of hydrogen-bond donors (Lipinski definition) is 2. The van der Waals surface area contributed by atoms with Gasteiger partial charge < -0.3 is 15.3 Å². The quantitative estimate of drug-likeness (QED) is 0.758. The number of fused-ring (bicyclic) bond motifs is 3. The van der Waals surface area contributed by atoms with Crippen molar-refractivity contribution in [2.24, 2.45) is 5.92 Å². The van der Waals surface area contributed by atoms with Gasteiger partial charge in [0.25, 0.3) is 0 Å². The maximum Gasteiger partial charge on any atom is 0.0556 e. The third-order valence-electron chi connectivity index (χ3n) is 3.17. The molecule has 0 aliphatic carbocycles. The zero-order valence-corrected chi connectivity index (χ0v) is 9.95. The minimum Gasteiger partial charge on any atom is -0.395 e. The molecule has 86 valence electrons. The number of rotatable bonds is 3. The summed E-state index contributed by atoms with van der Waals surface area (Å²) >= 11 is 0. The summed E-state index contributed by atoms with van der Waals surface area (Å²) in [5, 5.41) is 12.1. The Kier molecular flexibility index (Phi) is 7.08. The molecule has 0 spiro atoms. The SMILES string of the molecule is Cl.Cl.OCCNC1CN2CCC1CC2. The van der Waals surface area contributed by atoms with Gasteiger partial charge in [0.2, 0.25) is 0 Å². The van der Waals surface area contributed by atoms with Crippen LogP contribution < -0.4 is 5.32 Å². The van der Waals surface area contributed by atoms with Gasteiger partial charge in [0.05, 0.1) is 6.61 Å². The molecule has 3 aliphatic heterocycles. The summed E-state index contributed by atoms with van der Waals surface area (Å²) in [6.45, 7) is 4.81. The summed E-state index contributed by atoms with van der Waals surface area (Å²) in [7, 11) is 0. The predicted molar refractivity (Wildman–Crippen MR) is 62.5 cm³/mol. The van der Waals surface area contributed by atoms with Crippen molar-refractivity contribution in [1.29, 1.82) is 0 Å². The van der Waals surface area contributed by atoms with Gasteiger partial charge in [-0.25, -0.2) is 0 Å². The third-order valence-corrected chi connectivity index (χ3v) is 3.17. The lowest BCUT2D eigenvalue weighted by atomic mass is 9.84. The van der Waals surface area contributed by atoms with Gasteiger partial charge in [0.15, 0.2) is 0 Å². The predicted octanol–water partition coefficient (Wildman–Crippen LogP) is 0.506. The molecule has 0 radical (unpaired) electrons. The standard InChI is InChI=1S/C9H18N2O.2ClH/c12-6-3-10-9-7-11-4-1-8(9)2-5-11;;/h8-10,12H,1-7H2;2*1H. The topological polar surface area (TPSA) is 35.5 Å². The minimum atomic E-state index is 0. The van der Waals surface area contributed by atoms with E-state index in [9.17, 15) is 0 Å². The van der Waals surface area contributed by atoms with Crippen LogP contribution in [0.5, 0.6) is 0 Å². The fraction of sp³-hybridized carbons (Fsp3) is 1.00. The Labute approximate surface area is 98.1 Å². The fourth-order valence-corrected chi connectivity index (χ4v) is 2.45. The van der Waals surface area contributed by atoms with Crippen LogP contribution in [0.1, 0.15) is 12.8 Å². The highest BCUT2D eigenvalue weighted by molar-refractivity contribution is 5.85. The average Bonchev–Trinajstić information content (AvgIpc) is 2.17. The Bertz CT molecular complexity index is 152. The molecule has 1 atom stereocenters. The largest absolute Gasteiger partial charge is 0.395 e. The van der Waals surface area contributed by atoms with E-state index >= 15 is 0 Å². The van der Waals surface area contributed by atoms with Crippen molar-refractivity contribution >= 4 is 24.8 Å². The number of nitrogens with zero attached hydrogens (tertiary/aromatic N) is 1. The lowest BCUT2D eigenvalue weighted by Crippen LogP contribution is -2.56. The molecule has 3 aliphatic rings. The van der Waals surface area contributed by atoms with Crippen molar-refractivity contribution in [3.05, 3.63) is 0 Å². The molecular weight excluding hydrogens is 223 g/mol. The van der Waals surface area contributed by atoms with Crippen LogP contribution in [0, 0.1) is 5.92 Å². The highest BCUT2D eigenvalue weighted by Gasteiger charge is 2.33. The van der Waals surface area contributed by atoms with Gasteiger partial charge in [-0.15, -0.1) is 24.8 Å². The number of aliphatic hydroxyl groups is 1. The molecule has 3 rings (SSSR count). The van der Waals surface area contributed by atoms with Crippen molar-refractivity contribution < 1.29 is 5.11 Å². The molecule has 0 aromatic rings. The Morgan fingerprint density at radius 1 is 1.21 bits per heavy atom. The van der Waals surface area contributed by atoms with E-state index in [1.54, 1.807) is 0 Å². The molecule has 5 heteroatoms. The van der Waals surface area contributed by atoms with Gasteiger partial charge in [-0.1, -0.05) is 0 Å². The molecule has 0 saturated carbocycles. The van der Waals surface area contributed by atoms with E-state index in [2.05, 4.69) is 10.2 Å². The smallest absolute Gasteiger partial charge is 0.0556 e. The van der Waals surface area contributed by atoms with E-state index in [1.807, 2.05) is 0 Å². The van der Waals surface area contributed by atoms with Gasteiger partial charge in [-0.05, 0) is 31.8 Å². The average molecular weight is 243 g/mol. The van der Waals surface area contributed by atoms with Gasteiger partial charge in [-0.3, -0.25) is 0 Å². The number of nitrogens with one attached hydrogen (secondary N) is 1. The van der Waals surface area contributed by atoms with E-state index in [0.717, 1.165) is 12.5 Å². The van der Waals surface area contributed by atoms with Crippen molar-refractivity contribution in [3.63, 3.8) is 0 Å². The van der Waals surface area contributed by atoms with Crippen molar-refractivity contribution in [2.45, 2.75) is 18.9 Å². The van der Waals surface area contributed by atoms with E-state index in [4.69, 9.17) is 5.11 Å². The molecule has 3 fully saturated rings. The van der Waals surface area contributed by atoms with Gasteiger partial charge in [0.1, 0.15) is 0 Å². The lowest BCUT2D eigenvalue weighted by Gasteiger charge is -2.45. The van der Waals surface area contributed by atoms with Crippen LogP contribution in [0.4, 0.5) is 0 Å². The maximum atomic E-state index is 8.69. The molecule has 2 N–H and O–H groups in total. The molecule has 1 unspecified atom stereocenters. The molecule has 0 aromatic heterocycles. The Balaban J connectivity index is 0.000000845. The summed E-state index contributed by atoms with van der Waals surface area (Å²) in [5.74, 6) is 0.876. The van der Waals surface area contributed by atoms with Crippen LogP contribution in [0.15, 0.2) is 0 Å². The van der Waals surface area contributed by atoms with Crippen LogP contribution in [-0.2, 0) is 0 Å². The zero-order valence-electron chi connectivity index (χ0n) is 8.32. The highest BCUT2D eigenvalue weighted by Crippen LogP contribution is 2.27. The minimum absolute atomic E-state index is 0. The van der Waals surface area contributed by atoms with Crippen LogP contribution in [-0.4, -0.2) is 48.8 Å². The van der Waals surface area contributed by atoms with Crippen LogP contribution >= 0.6 is 24.8 Å². The monoisotopic (exact) mass is 242 g/mol. The van der Waals surface area contributed by atoms with Crippen LogP contribution in [0.3, 0.4) is 0 Å². The first-order valence-electron chi connectivity index (χ1n) is 4.97. The number of aliphatic hydroxyl groups excluding tert-OH is 1. The fourth-order valence-electron chi connectivity index (χ4n) is 2.45. The van der Waals surface area contributed by atoms with Gasteiger partial charge in [-0.2, -0.15) is 0 Å². The lowest BCUT2D eigenvalue weighted by molar-refractivity contribution is 0.0705. The normalized spacial score (nSPS) is 34.5. The molecule has 3 nitrogen and oxygen atoms in total. The summed E-state index contributed by atoms with van der Waals surface area (Å²) < 4.78 is 0. The van der Waals surface area contributed by atoms with Crippen LogP contribution in [0.25, 0.3) is 0 Å². The van der Waals surface area contributed by atoms with E-state index in [-0.39, 0.29) is 31.4 Å². The first-order valence-corrected chi connectivity index (χ1v) is 4.97. The third kappa shape index (κ3) is 3.24. The van der Waals surface area contributed by atoms with Crippen LogP contribution in [0.2, 0.25) is 0 Å². The summed E-state index contributed by atoms with van der Waals surface area (Å²) in [6.07, 6.45) is 2.70. The zero-order chi connectivity index (χ0) is 8.39. The van der Waals surface area contributed by atoms with Crippen molar-refractivity contribution in [2.75, 3.05) is 32.8 Å². The second-order valence-electron chi connectivity index (χ2n) is 3.92. The van der Waals surface area contributed by atoms with E-state index in [0.29, 0.717) is 6.04 Å². The van der Waals surface area contributed by atoms with E-state index in [1.165, 1.54) is 32.5 Å². The summed E-state index contributed by atoms with van der Waals surface area (Å²) in [4.78, 5) is 2.52. The molecule has 0 amide bonds. The molecule has 0 aromatic carbocycles. The number of halogens is 2. The Morgan fingerprint density at radius 2 is 1.86 bits per heavy atom.